The van der Waals surface area contributed by atoms with E-state index in [-0.39, 0.29) is 30.1 Å². The Hall–Kier alpha value is -2.90. The molecule has 2 aliphatic rings. The number of hydrogen-bond acceptors (Lipinski definition) is 4. The summed E-state index contributed by atoms with van der Waals surface area (Å²) in [5.74, 6) is -0.761. The first kappa shape index (κ1) is 23.4. The summed E-state index contributed by atoms with van der Waals surface area (Å²) in [4.78, 5) is 36.4. The van der Waals surface area contributed by atoms with Crippen molar-refractivity contribution in [1.82, 2.24) is 15.5 Å². The fraction of sp³-hybridized carbons (Fsp3) is 0.545. The Balaban J connectivity index is 0.000000456. The molecule has 1 unspecified atom stereocenters. The smallest absolute Gasteiger partial charge is 0.243 e. The first-order chi connectivity index (χ1) is 14.4. The van der Waals surface area contributed by atoms with E-state index in [1.54, 1.807) is 24.3 Å². The molecule has 8 heteroatoms. The Morgan fingerprint density at radius 2 is 1.60 bits per heavy atom. The van der Waals surface area contributed by atoms with Gasteiger partial charge in [-0.15, -0.1) is 0 Å². The SMILES string of the molecule is C1CCCCC1.CC(=O)NCC(=O)N1CCC1C(=O)NCc1ccc(C(=N)N)cc1. The molecule has 5 N–H and O–H groups in total. The van der Waals surface area contributed by atoms with Crippen LogP contribution in [0.1, 0.15) is 63.0 Å². The summed E-state index contributed by atoms with van der Waals surface area (Å²) in [6.45, 7) is 2.10. The number of carbonyl (C=O) groups excluding carboxylic acids is 3. The Labute approximate surface area is 178 Å². The number of amides is 3. The van der Waals surface area contributed by atoms with E-state index in [0.29, 0.717) is 25.1 Å². The van der Waals surface area contributed by atoms with E-state index >= 15 is 0 Å². The number of likely N-dealkylation sites (tertiary alicyclic amines) is 1. The maximum Gasteiger partial charge on any atom is 0.243 e. The summed E-state index contributed by atoms with van der Waals surface area (Å²) in [7, 11) is 0. The van der Waals surface area contributed by atoms with Gasteiger partial charge in [-0.25, -0.2) is 0 Å². The molecule has 1 aliphatic heterocycles. The van der Waals surface area contributed by atoms with Crippen molar-refractivity contribution in [3.8, 4) is 0 Å². The van der Waals surface area contributed by atoms with Gasteiger partial charge in [0.25, 0.3) is 0 Å². The molecule has 1 heterocycles. The van der Waals surface area contributed by atoms with Crippen LogP contribution in [0.5, 0.6) is 0 Å². The highest BCUT2D eigenvalue weighted by Gasteiger charge is 2.37. The second kappa shape index (κ2) is 11.9. The number of hydrogen-bond donors (Lipinski definition) is 4. The van der Waals surface area contributed by atoms with Gasteiger partial charge in [0, 0.05) is 25.6 Å². The monoisotopic (exact) mass is 415 g/mol. The first-order valence-corrected chi connectivity index (χ1v) is 10.6. The molecule has 3 rings (SSSR count). The van der Waals surface area contributed by atoms with Gasteiger partial charge in [-0.2, -0.15) is 0 Å². The Morgan fingerprint density at radius 1 is 1.03 bits per heavy atom. The van der Waals surface area contributed by atoms with Crippen LogP contribution < -0.4 is 16.4 Å². The van der Waals surface area contributed by atoms with Crippen LogP contribution in [0.3, 0.4) is 0 Å². The zero-order valence-corrected chi connectivity index (χ0v) is 17.7. The highest BCUT2D eigenvalue weighted by molar-refractivity contribution is 5.95. The van der Waals surface area contributed by atoms with Crippen LogP contribution in [0.25, 0.3) is 0 Å². The van der Waals surface area contributed by atoms with Gasteiger partial charge in [0.2, 0.25) is 17.7 Å². The summed E-state index contributed by atoms with van der Waals surface area (Å²) in [5, 5.41) is 12.6. The molecule has 2 fully saturated rings. The number of rotatable bonds is 6. The fourth-order valence-corrected chi connectivity index (χ4v) is 3.43. The van der Waals surface area contributed by atoms with Gasteiger partial charge in [-0.3, -0.25) is 19.8 Å². The lowest BCUT2D eigenvalue weighted by molar-refractivity contribution is -0.147. The van der Waals surface area contributed by atoms with E-state index in [9.17, 15) is 14.4 Å². The number of nitrogens with zero attached hydrogens (tertiary/aromatic N) is 1. The average Bonchev–Trinajstić information content (AvgIpc) is 2.72. The van der Waals surface area contributed by atoms with Crippen molar-refractivity contribution in [1.29, 1.82) is 5.41 Å². The standard InChI is InChI=1S/C16H21N5O3.C6H12/c1-10(22)19-9-14(23)21-7-6-13(21)16(24)20-8-11-2-4-12(5-3-11)15(17)18;1-2-4-6-5-3-1/h2-5,13H,6-9H2,1H3,(H3,17,18)(H,19,22)(H,20,24);1-6H2. The molecular formula is C22H33N5O3. The average molecular weight is 416 g/mol. The number of amidine groups is 1. The summed E-state index contributed by atoms with van der Waals surface area (Å²) < 4.78 is 0. The van der Waals surface area contributed by atoms with E-state index in [0.717, 1.165) is 5.56 Å². The number of benzene rings is 1. The van der Waals surface area contributed by atoms with Crippen LogP contribution in [-0.4, -0.2) is 47.6 Å². The summed E-state index contributed by atoms with van der Waals surface area (Å²) in [5.41, 5.74) is 6.89. The van der Waals surface area contributed by atoms with Gasteiger partial charge in [-0.1, -0.05) is 62.8 Å². The summed E-state index contributed by atoms with van der Waals surface area (Å²) in [6.07, 6.45) is 9.61. The molecule has 0 bridgehead atoms. The minimum absolute atomic E-state index is 0.00613. The van der Waals surface area contributed by atoms with Gasteiger partial charge in [0.15, 0.2) is 0 Å². The topological polar surface area (TPSA) is 128 Å². The minimum Gasteiger partial charge on any atom is -0.384 e. The zero-order chi connectivity index (χ0) is 21.9. The number of nitrogen functional groups attached to an aromatic ring is 1. The normalized spacial score (nSPS) is 17.6. The Bertz CT molecular complexity index is 732. The molecule has 3 amide bonds. The van der Waals surface area contributed by atoms with E-state index in [1.165, 1.54) is 50.3 Å². The lowest BCUT2D eigenvalue weighted by atomic mass is 10.0. The highest BCUT2D eigenvalue weighted by Crippen LogP contribution is 2.17. The summed E-state index contributed by atoms with van der Waals surface area (Å²) in [6, 6.07) is 6.53. The van der Waals surface area contributed by atoms with Crippen LogP contribution in [-0.2, 0) is 20.9 Å². The lowest BCUT2D eigenvalue weighted by Crippen LogP contribution is -2.59. The molecule has 0 aromatic heterocycles. The summed E-state index contributed by atoms with van der Waals surface area (Å²) >= 11 is 0. The van der Waals surface area contributed by atoms with Gasteiger partial charge in [0.1, 0.15) is 11.9 Å². The number of nitrogens with two attached hydrogens (primary N) is 1. The van der Waals surface area contributed by atoms with Crippen molar-refractivity contribution in [2.24, 2.45) is 5.73 Å². The van der Waals surface area contributed by atoms with Crippen molar-refractivity contribution in [3.63, 3.8) is 0 Å². The molecule has 8 nitrogen and oxygen atoms in total. The third-order valence-corrected chi connectivity index (χ3v) is 5.36. The van der Waals surface area contributed by atoms with Gasteiger partial charge in [0.05, 0.1) is 6.54 Å². The third kappa shape index (κ3) is 7.50. The number of nitrogens with one attached hydrogen (secondary N) is 3. The fourth-order valence-electron chi connectivity index (χ4n) is 3.43. The molecule has 1 aromatic rings. The van der Waals surface area contributed by atoms with Crippen LogP contribution in [0.4, 0.5) is 0 Å². The first-order valence-electron chi connectivity index (χ1n) is 10.6. The molecule has 1 aliphatic carbocycles. The predicted octanol–water partition coefficient (Wildman–Crippen LogP) is 1.66. The maximum absolute atomic E-state index is 12.2. The van der Waals surface area contributed by atoms with Gasteiger partial charge < -0.3 is 21.3 Å². The van der Waals surface area contributed by atoms with Crippen LogP contribution >= 0.6 is 0 Å². The lowest BCUT2D eigenvalue weighted by Gasteiger charge is -2.39. The largest absolute Gasteiger partial charge is 0.384 e. The van der Waals surface area contributed by atoms with Crippen molar-refractivity contribution < 1.29 is 14.4 Å². The molecule has 30 heavy (non-hydrogen) atoms. The third-order valence-electron chi connectivity index (χ3n) is 5.36. The van der Waals surface area contributed by atoms with Crippen molar-refractivity contribution >= 4 is 23.6 Å². The van der Waals surface area contributed by atoms with Gasteiger partial charge in [-0.05, 0) is 12.0 Å². The second-order valence-corrected chi connectivity index (χ2v) is 7.75. The van der Waals surface area contributed by atoms with Crippen molar-refractivity contribution in [3.05, 3.63) is 35.4 Å². The van der Waals surface area contributed by atoms with E-state index in [1.807, 2.05) is 0 Å². The van der Waals surface area contributed by atoms with Crippen LogP contribution in [0, 0.1) is 5.41 Å². The molecule has 1 saturated heterocycles. The number of carbonyl (C=O) groups is 3. The quantitative estimate of drug-likeness (QED) is 0.416. The van der Waals surface area contributed by atoms with Gasteiger partial charge >= 0.3 is 0 Å². The van der Waals surface area contributed by atoms with Crippen LogP contribution in [0.15, 0.2) is 24.3 Å². The highest BCUT2D eigenvalue weighted by atomic mass is 16.2. The van der Waals surface area contributed by atoms with Crippen molar-refractivity contribution in [2.45, 2.75) is 64.5 Å². The zero-order valence-electron chi connectivity index (χ0n) is 17.7. The maximum atomic E-state index is 12.2. The second-order valence-electron chi connectivity index (χ2n) is 7.75. The van der Waals surface area contributed by atoms with Crippen molar-refractivity contribution in [2.75, 3.05) is 13.1 Å². The Kier molecular flexibility index (Phi) is 9.31. The van der Waals surface area contributed by atoms with E-state index in [4.69, 9.17) is 11.1 Å². The van der Waals surface area contributed by atoms with E-state index in [2.05, 4.69) is 10.6 Å². The molecule has 0 radical (unpaired) electrons. The minimum atomic E-state index is -0.484. The Morgan fingerprint density at radius 3 is 2.03 bits per heavy atom. The molecule has 1 saturated carbocycles. The molecule has 164 valence electrons. The van der Waals surface area contributed by atoms with E-state index < -0.39 is 6.04 Å². The molecule has 1 aromatic carbocycles. The molecule has 1 atom stereocenters. The molecular weight excluding hydrogens is 382 g/mol. The predicted molar refractivity (Wildman–Crippen MR) is 116 cm³/mol. The molecule has 0 spiro atoms. The van der Waals surface area contributed by atoms with Crippen LogP contribution in [0.2, 0.25) is 0 Å².